The Hall–Kier alpha value is -1.94. The smallest absolute Gasteiger partial charge is 0.226 e. The molecule has 2 aromatic rings. The number of benzene rings is 1. The van der Waals surface area contributed by atoms with Crippen molar-refractivity contribution in [2.24, 2.45) is 0 Å². The van der Waals surface area contributed by atoms with Crippen LogP contribution < -0.4 is 5.32 Å². The van der Waals surface area contributed by atoms with E-state index in [-0.39, 0.29) is 24.7 Å². The molecule has 2 amide bonds. The highest BCUT2D eigenvalue weighted by molar-refractivity contribution is 8.00. The molecule has 166 valence electrons. The number of aromatic nitrogens is 2. The summed E-state index contributed by atoms with van der Waals surface area (Å²) in [7, 11) is 0. The second-order valence-corrected chi connectivity index (χ2v) is 9.80. The van der Waals surface area contributed by atoms with Gasteiger partial charge in [-0.3, -0.25) is 14.5 Å². The minimum absolute atomic E-state index is 0.0204. The summed E-state index contributed by atoms with van der Waals surface area (Å²) in [5, 5.41) is 12.0. The van der Waals surface area contributed by atoms with Gasteiger partial charge >= 0.3 is 0 Å². The van der Waals surface area contributed by atoms with Gasteiger partial charge in [-0.15, -0.1) is 16.8 Å². The minimum atomic E-state index is -0.221. The van der Waals surface area contributed by atoms with Crippen LogP contribution in [0.2, 0.25) is 5.02 Å². The van der Waals surface area contributed by atoms with Crippen LogP contribution in [0.25, 0.3) is 0 Å². The fraction of sp³-hybridized carbons (Fsp3) is 0.429. The summed E-state index contributed by atoms with van der Waals surface area (Å²) in [5.74, 6) is 0.544. The molecule has 1 saturated heterocycles. The fourth-order valence-corrected chi connectivity index (χ4v) is 5.04. The van der Waals surface area contributed by atoms with Crippen LogP contribution in [-0.4, -0.2) is 64.5 Å². The van der Waals surface area contributed by atoms with Crippen LogP contribution in [0, 0.1) is 0 Å². The first-order valence-corrected chi connectivity index (χ1v) is 12.3. The molecule has 7 nitrogen and oxygen atoms in total. The van der Waals surface area contributed by atoms with Crippen LogP contribution in [0.4, 0.5) is 5.13 Å². The van der Waals surface area contributed by atoms with E-state index in [4.69, 9.17) is 11.6 Å². The topological polar surface area (TPSA) is 78.4 Å². The van der Waals surface area contributed by atoms with Crippen LogP contribution >= 0.6 is 34.7 Å². The zero-order chi connectivity index (χ0) is 22.1. The molecule has 1 aromatic carbocycles. The Bertz CT molecular complexity index is 890. The molecule has 1 aliphatic rings. The lowest BCUT2D eigenvalue weighted by atomic mass is 10.2. The number of anilines is 1. The number of nitrogens with zero attached hydrogens (tertiary/aromatic N) is 4. The number of halogens is 1. The van der Waals surface area contributed by atoms with Gasteiger partial charge in [-0.2, -0.15) is 0 Å². The monoisotopic (exact) mass is 479 g/mol. The predicted octanol–water partition coefficient (Wildman–Crippen LogP) is 3.92. The van der Waals surface area contributed by atoms with Crippen LogP contribution in [0.5, 0.6) is 0 Å². The molecule has 10 heteroatoms. The number of amides is 2. The van der Waals surface area contributed by atoms with Gasteiger partial charge in [0.2, 0.25) is 16.9 Å². The van der Waals surface area contributed by atoms with E-state index < -0.39 is 0 Å². The predicted molar refractivity (Wildman–Crippen MR) is 127 cm³/mol. The van der Waals surface area contributed by atoms with Crippen molar-refractivity contribution in [3.63, 3.8) is 0 Å². The summed E-state index contributed by atoms with van der Waals surface area (Å²) in [6.45, 7) is 7.84. The molecule has 1 aliphatic heterocycles. The first-order chi connectivity index (χ1) is 15.0. The molecule has 0 aliphatic carbocycles. The normalized spacial score (nSPS) is 14.8. The Kier molecular flexibility index (Phi) is 9.32. The Morgan fingerprint density at radius 1 is 1.16 bits per heavy atom. The van der Waals surface area contributed by atoms with E-state index in [9.17, 15) is 9.59 Å². The van der Waals surface area contributed by atoms with E-state index in [1.54, 1.807) is 11.8 Å². The zero-order valence-corrected chi connectivity index (χ0v) is 19.6. The molecule has 3 rings (SSSR count). The van der Waals surface area contributed by atoms with Crippen LogP contribution in [0.1, 0.15) is 24.8 Å². The minimum Gasteiger partial charge on any atom is -0.341 e. The standard InChI is InChI=1S/C21H26ClN5O2S2/c1-2-10-26-11-3-12-27(14-13-26)19(29)9-8-18(28)23-20-24-25-21(31-20)30-15-16-4-6-17(22)7-5-16/h2,4-7H,1,3,8-15H2,(H,23,24,28). The second kappa shape index (κ2) is 12.2. The number of carbonyl (C=O) groups excluding carboxylic acids is 2. The quantitative estimate of drug-likeness (QED) is 0.333. The third kappa shape index (κ3) is 7.92. The molecule has 0 saturated carbocycles. The van der Waals surface area contributed by atoms with Gasteiger partial charge in [0.05, 0.1) is 0 Å². The SMILES string of the molecule is C=CCN1CCCN(C(=O)CCC(=O)Nc2nnc(SCc3ccc(Cl)cc3)s2)CC1. The highest BCUT2D eigenvalue weighted by Gasteiger charge is 2.19. The van der Waals surface area contributed by atoms with Crippen molar-refractivity contribution in [3.8, 4) is 0 Å². The van der Waals surface area contributed by atoms with Crippen molar-refractivity contribution >= 4 is 51.6 Å². The van der Waals surface area contributed by atoms with Crippen LogP contribution in [-0.2, 0) is 15.3 Å². The van der Waals surface area contributed by atoms with Gasteiger partial charge in [0.25, 0.3) is 0 Å². The number of nitrogens with one attached hydrogen (secondary N) is 1. The first kappa shape index (κ1) is 23.7. The molecule has 1 fully saturated rings. The zero-order valence-electron chi connectivity index (χ0n) is 17.3. The number of rotatable bonds is 9. The lowest BCUT2D eigenvalue weighted by Crippen LogP contribution is -2.35. The van der Waals surface area contributed by atoms with Crippen molar-refractivity contribution in [2.75, 3.05) is 38.0 Å². The highest BCUT2D eigenvalue weighted by Crippen LogP contribution is 2.28. The number of carbonyl (C=O) groups is 2. The Morgan fingerprint density at radius 3 is 2.74 bits per heavy atom. The van der Waals surface area contributed by atoms with Crippen LogP contribution in [0.15, 0.2) is 41.3 Å². The molecular weight excluding hydrogens is 454 g/mol. The summed E-state index contributed by atoms with van der Waals surface area (Å²) in [5.41, 5.74) is 1.13. The average molecular weight is 480 g/mol. The summed E-state index contributed by atoms with van der Waals surface area (Å²) >= 11 is 8.78. The lowest BCUT2D eigenvalue weighted by Gasteiger charge is -2.21. The van der Waals surface area contributed by atoms with Gasteiger partial charge in [0.1, 0.15) is 0 Å². The maximum atomic E-state index is 12.5. The third-order valence-corrected chi connectivity index (χ3v) is 7.12. The van der Waals surface area contributed by atoms with Crippen molar-refractivity contribution in [2.45, 2.75) is 29.4 Å². The lowest BCUT2D eigenvalue weighted by molar-refractivity contribution is -0.132. The molecule has 0 radical (unpaired) electrons. The number of thioether (sulfide) groups is 1. The van der Waals surface area contributed by atoms with E-state index in [1.807, 2.05) is 35.2 Å². The van der Waals surface area contributed by atoms with Crippen molar-refractivity contribution in [3.05, 3.63) is 47.5 Å². The average Bonchev–Trinajstić information content (AvgIpc) is 3.07. The molecule has 1 aromatic heterocycles. The summed E-state index contributed by atoms with van der Waals surface area (Å²) in [4.78, 5) is 28.9. The summed E-state index contributed by atoms with van der Waals surface area (Å²) in [6, 6.07) is 7.65. The van der Waals surface area contributed by atoms with E-state index >= 15 is 0 Å². The molecule has 1 N–H and O–H groups in total. The number of hydrogen-bond acceptors (Lipinski definition) is 7. The van der Waals surface area contributed by atoms with E-state index in [1.165, 1.54) is 11.3 Å². The van der Waals surface area contributed by atoms with Gasteiger partial charge in [-0.1, -0.05) is 52.9 Å². The summed E-state index contributed by atoms with van der Waals surface area (Å²) < 4.78 is 0.773. The highest BCUT2D eigenvalue weighted by atomic mass is 35.5. The third-order valence-electron chi connectivity index (χ3n) is 4.82. The molecule has 31 heavy (non-hydrogen) atoms. The molecular formula is C21H26ClN5O2S2. The molecule has 0 bridgehead atoms. The van der Waals surface area contributed by atoms with Crippen LogP contribution in [0.3, 0.4) is 0 Å². The van der Waals surface area contributed by atoms with Gasteiger partial charge in [0, 0.05) is 56.3 Å². The number of hydrogen-bond donors (Lipinski definition) is 1. The van der Waals surface area contributed by atoms with E-state index in [2.05, 4.69) is 27.0 Å². The largest absolute Gasteiger partial charge is 0.341 e. The molecule has 2 heterocycles. The molecule has 0 unspecified atom stereocenters. The molecule has 0 spiro atoms. The van der Waals surface area contributed by atoms with Gasteiger partial charge < -0.3 is 10.2 Å². The maximum Gasteiger partial charge on any atom is 0.226 e. The maximum absolute atomic E-state index is 12.5. The van der Waals surface area contributed by atoms with Gasteiger partial charge in [0.15, 0.2) is 4.34 Å². The van der Waals surface area contributed by atoms with Gasteiger partial charge in [-0.05, 0) is 24.1 Å². The van der Waals surface area contributed by atoms with Crippen molar-refractivity contribution < 1.29 is 9.59 Å². The van der Waals surface area contributed by atoms with Crippen molar-refractivity contribution in [1.82, 2.24) is 20.0 Å². The van der Waals surface area contributed by atoms with E-state index in [0.717, 1.165) is 48.3 Å². The van der Waals surface area contributed by atoms with Crippen molar-refractivity contribution in [1.29, 1.82) is 0 Å². The summed E-state index contributed by atoms with van der Waals surface area (Å²) in [6.07, 6.45) is 3.16. The Balaban J connectivity index is 1.39. The first-order valence-electron chi connectivity index (χ1n) is 10.1. The Labute approximate surface area is 195 Å². The molecule has 0 atom stereocenters. The Morgan fingerprint density at radius 2 is 1.97 bits per heavy atom. The fourth-order valence-electron chi connectivity index (χ4n) is 3.19. The second-order valence-electron chi connectivity index (χ2n) is 7.16. The van der Waals surface area contributed by atoms with Gasteiger partial charge in [-0.25, -0.2) is 0 Å². The van der Waals surface area contributed by atoms with E-state index in [0.29, 0.717) is 16.7 Å².